The van der Waals surface area contributed by atoms with Crippen molar-refractivity contribution in [3.63, 3.8) is 0 Å². The lowest BCUT2D eigenvalue weighted by molar-refractivity contribution is 0.546. The average Bonchev–Trinajstić information content (AvgIpc) is 3.79. The van der Waals surface area contributed by atoms with Gasteiger partial charge in [0.2, 0.25) is 0 Å². The van der Waals surface area contributed by atoms with Gasteiger partial charge in [-0.25, -0.2) is 0 Å². The Kier molecular flexibility index (Phi) is 5.37. The van der Waals surface area contributed by atoms with Gasteiger partial charge in [0, 0.05) is 62.0 Å². The van der Waals surface area contributed by atoms with E-state index in [0.29, 0.717) is 0 Å². The second-order valence-corrected chi connectivity index (χ2v) is 12.0. The highest BCUT2D eigenvalue weighted by Gasteiger charge is 2.26. The van der Waals surface area contributed by atoms with Crippen LogP contribution in [0.3, 0.4) is 0 Å². The first-order chi connectivity index (χ1) is 22.8. The normalized spacial score (nSPS) is 13.0. The lowest BCUT2D eigenvalue weighted by Crippen LogP contribution is -2.10. The van der Waals surface area contributed by atoms with Crippen LogP contribution in [-0.4, -0.2) is 4.57 Å². The number of aryl methyl sites for hydroxylation is 1. The summed E-state index contributed by atoms with van der Waals surface area (Å²) in [6.07, 6.45) is 6.39. The Hall–Kier alpha value is -6.00. The van der Waals surface area contributed by atoms with E-state index in [4.69, 9.17) is 8.83 Å². The van der Waals surface area contributed by atoms with Crippen LogP contribution in [0.5, 0.6) is 0 Å². The predicted molar refractivity (Wildman–Crippen MR) is 190 cm³/mol. The molecule has 0 aliphatic heterocycles. The molecule has 4 nitrogen and oxygen atoms in total. The van der Waals surface area contributed by atoms with Crippen LogP contribution in [-0.2, 0) is 6.42 Å². The molecule has 0 atom stereocenters. The molecule has 0 amide bonds. The SMILES string of the molecule is C1=Cc2c(oc3cc(N(c4ccccc4)c4cc5c6ccccc6oc5c5c4c4ccccc4n5-c4ccccc4)ccc23)CC1. The summed E-state index contributed by atoms with van der Waals surface area (Å²) in [6, 6.07) is 47.2. The van der Waals surface area contributed by atoms with Gasteiger partial charge in [0.1, 0.15) is 16.9 Å². The van der Waals surface area contributed by atoms with Crippen molar-refractivity contribution in [1.29, 1.82) is 0 Å². The minimum Gasteiger partial charge on any atom is -0.460 e. The number of hydrogen-bond donors (Lipinski definition) is 0. The van der Waals surface area contributed by atoms with Crippen molar-refractivity contribution in [3.05, 3.63) is 151 Å². The Morgan fingerprint density at radius 3 is 2.22 bits per heavy atom. The van der Waals surface area contributed by atoms with Crippen molar-refractivity contribution >= 4 is 77.9 Å². The fourth-order valence-corrected chi connectivity index (χ4v) is 7.41. The number of nitrogens with zero attached hydrogens (tertiary/aromatic N) is 2. The van der Waals surface area contributed by atoms with E-state index in [1.54, 1.807) is 0 Å². The molecule has 0 radical (unpaired) electrons. The largest absolute Gasteiger partial charge is 0.460 e. The molecule has 0 unspecified atom stereocenters. The van der Waals surface area contributed by atoms with Crippen LogP contribution < -0.4 is 4.90 Å². The number of rotatable bonds is 4. The highest BCUT2D eigenvalue weighted by atomic mass is 16.3. The topological polar surface area (TPSA) is 34.5 Å². The Balaban J connectivity index is 1.37. The number of para-hydroxylation sites is 4. The molecule has 6 aromatic carbocycles. The molecular formula is C42H28N2O2. The first-order valence-electron chi connectivity index (χ1n) is 15.8. The summed E-state index contributed by atoms with van der Waals surface area (Å²) >= 11 is 0. The number of fused-ring (bicyclic) bond motifs is 10. The highest BCUT2D eigenvalue weighted by molar-refractivity contribution is 6.27. The summed E-state index contributed by atoms with van der Waals surface area (Å²) in [5.74, 6) is 1.07. The van der Waals surface area contributed by atoms with Gasteiger partial charge in [0.05, 0.1) is 16.7 Å². The van der Waals surface area contributed by atoms with E-state index in [-0.39, 0.29) is 0 Å². The zero-order chi connectivity index (χ0) is 30.2. The van der Waals surface area contributed by atoms with Gasteiger partial charge < -0.3 is 18.3 Å². The van der Waals surface area contributed by atoms with Crippen molar-refractivity contribution in [1.82, 2.24) is 4.57 Å². The molecule has 0 N–H and O–H groups in total. The lowest BCUT2D eigenvalue weighted by atomic mass is 10.0. The fourth-order valence-electron chi connectivity index (χ4n) is 7.41. The van der Waals surface area contributed by atoms with Gasteiger partial charge in [0.15, 0.2) is 5.58 Å². The zero-order valence-corrected chi connectivity index (χ0v) is 25.0. The third-order valence-electron chi connectivity index (χ3n) is 9.40. The lowest BCUT2D eigenvalue weighted by Gasteiger charge is -2.26. The van der Waals surface area contributed by atoms with Crippen LogP contribution in [0.1, 0.15) is 17.7 Å². The van der Waals surface area contributed by atoms with Gasteiger partial charge in [-0.15, -0.1) is 0 Å². The van der Waals surface area contributed by atoms with E-state index in [2.05, 4.69) is 149 Å². The molecule has 0 spiro atoms. The van der Waals surface area contributed by atoms with Crippen LogP contribution in [0.15, 0.2) is 148 Å². The van der Waals surface area contributed by atoms with Crippen LogP contribution in [0.2, 0.25) is 0 Å². The van der Waals surface area contributed by atoms with Crippen molar-refractivity contribution < 1.29 is 8.83 Å². The minimum atomic E-state index is 0.878. The quantitative estimate of drug-likeness (QED) is 0.204. The number of hydrogen-bond acceptors (Lipinski definition) is 3. The number of furan rings is 2. The summed E-state index contributed by atoms with van der Waals surface area (Å²) < 4.78 is 15.6. The number of benzene rings is 6. The predicted octanol–water partition coefficient (Wildman–Crippen LogP) is 11.9. The van der Waals surface area contributed by atoms with Gasteiger partial charge in [-0.05, 0) is 61.0 Å². The monoisotopic (exact) mass is 592 g/mol. The Morgan fingerprint density at radius 1 is 0.587 bits per heavy atom. The first kappa shape index (κ1) is 25.3. The van der Waals surface area contributed by atoms with Gasteiger partial charge in [-0.2, -0.15) is 0 Å². The third kappa shape index (κ3) is 3.61. The van der Waals surface area contributed by atoms with Crippen molar-refractivity contribution in [3.8, 4) is 5.69 Å². The highest BCUT2D eigenvalue weighted by Crippen LogP contribution is 2.49. The van der Waals surface area contributed by atoms with E-state index in [1.807, 2.05) is 6.07 Å². The van der Waals surface area contributed by atoms with Crippen LogP contribution >= 0.6 is 0 Å². The van der Waals surface area contributed by atoms with Crippen LogP contribution in [0.25, 0.3) is 66.5 Å². The summed E-state index contributed by atoms with van der Waals surface area (Å²) in [5.41, 5.74) is 10.4. The number of allylic oxidation sites excluding steroid dienone is 1. The first-order valence-corrected chi connectivity index (χ1v) is 15.8. The molecule has 218 valence electrons. The molecule has 46 heavy (non-hydrogen) atoms. The molecule has 4 heteroatoms. The van der Waals surface area contributed by atoms with Gasteiger partial charge in [-0.3, -0.25) is 0 Å². The molecule has 1 aliphatic carbocycles. The summed E-state index contributed by atoms with van der Waals surface area (Å²) in [5, 5.41) is 5.64. The molecule has 1 aliphatic rings. The molecule has 10 rings (SSSR count). The molecule has 3 heterocycles. The smallest absolute Gasteiger partial charge is 0.160 e. The van der Waals surface area contributed by atoms with Gasteiger partial charge >= 0.3 is 0 Å². The van der Waals surface area contributed by atoms with Gasteiger partial charge in [-0.1, -0.05) is 84.9 Å². The number of aromatic nitrogens is 1. The Labute approximate surface area is 265 Å². The maximum absolute atomic E-state index is 6.75. The number of anilines is 3. The van der Waals surface area contributed by atoms with Gasteiger partial charge in [0.25, 0.3) is 0 Å². The minimum absolute atomic E-state index is 0.878. The van der Waals surface area contributed by atoms with E-state index < -0.39 is 0 Å². The molecule has 0 saturated carbocycles. The molecular weight excluding hydrogens is 564 g/mol. The molecule has 0 fully saturated rings. The molecule has 3 aromatic heterocycles. The second kappa shape index (κ2) is 9.75. The van der Waals surface area contributed by atoms with Crippen LogP contribution in [0.4, 0.5) is 17.1 Å². The summed E-state index contributed by atoms with van der Waals surface area (Å²) in [4.78, 5) is 2.38. The van der Waals surface area contributed by atoms with Crippen molar-refractivity contribution in [2.24, 2.45) is 0 Å². The molecule has 9 aromatic rings. The third-order valence-corrected chi connectivity index (χ3v) is 9.40. The molecule has 0 bridgehead atoms. The van der Waals surface area contributed by atoms with Crippen LogP contribution in [0, 0.1) is 0 Å². The standard InChI is InChI=1S/C42H28N2O2/c1-3-13-27(14-4-1)43(29-23-24-32-30-17-8-11-21-37(30)45-39(32)25-29)36-26-34-31-18-9-12-22-38(31)46-42(34)41-40(36)33-19-7-10-20-35(33)44(41)28-15-5-2-6-16-28/h1-10,12-20,22-26H,11,21H2. The average molecular weight is 593 g/mol. The Bertz CT molecular complexity index is 2640. The van der Waals surface area contributed by atoms with Crippen molar-refractivity contribution in [2.75, 3.05) is 4.90 Å². The molecule has 0 saturated heterocycles. The van der Waals surface area contributed by atoms with Crippen molar-refractivity contribution in [2.45, 2.75) is 12.8 Å². The van der Waals surface area contributed by atoms with E-state index in [0.717, 1.165) is 90.7 Å². The zero-order valence-electron chi connectivity index (χ0n) is 25.0. The summed E-state index contributed by atoms with van der Waals surface area (Å²) in [7, 11) is 0. The maximum atomic E-state index is 6.75. The second-order valence-electron chi connectivity index (χ2n) is 12.0. The maximum Gasteiger partial charge on any atom is 0.160 e. The fraction of sp³-hybridized carbons (Fsp3) is 0.0476. The summed E-state index contributed by atoms with van der Waals surface area (Å²) in [6.45, 7) is 0. The van der Waals surface area contributed by atoms with E-state index in [1.165, 1.54) is 10.9 Å². The van der Waals surface area contributed by atoms with E-state index >= 15 is 0 Å². The Morgan fingerprint density at radius 2 is 1.35 bits per heavy atom. The van der Waals surface area contributed by atoms with E-state index in [9.17, 15) is 0 Å².